The van der Waals surface area contributed by atoms with Gasteiger partial charge in [0.2, 0.25) is 11.8 Å². The van der Waals surface area contributed by atoms with Crippen molar-refractivity contribution in [2.75, 3.05) is 10.7 Å². The van der Waals surface area contributed by atoms with E-state index in [1.54, 1.807) is 6.92 Å². The van der Waals surface area contributed by atoms with Gasteiger partial charge < -0.3 is 5.32 Å². The van der Waals surface area contributed by atoms with Gasteiger partial charge in [-0.2, -0.15) is 4.98 Å². The van der Waals surface area contributed by atoms with E-state index >= 15 is 0 Å². The van der Waals surface area contributed by atoms with Crippen molar-refractivity contribution in [2.45, 2.75) is 39.2 Å². The molecule has 0 spiro atoms. The highest BCUT2D eigenvalue weighted by molar-refractivity contribution is 5.61. The van der Waals surface area contributed by atoms with Crippen LogP contribution in [-0.2, 0) is 0 Å². The van der Waals surface area contributed by atoms with Gasteiger partial charge in [0.1, 0.15) is 5.69 Å². The zero-order chi connectivity index (χ0) is 14.0. The van der Waals surface area contributed by atoms with E-state index in [9.17, 15) is 10.1 Å². The maximum atomic E-state index is 11.1. The van der Waals surface area contributed by atoms with Gasteiger partial charge in [0.25, 0.3) is 0 Å². The van der Waals surface area contributed by atoms with Crippen LogP contribution in [0.1, 0.15) is 31.9 Å². The Labute approximate surface area is 110 Å². The molecular formula is C11H18N6O2. The summed E-state index contributed by atoms with van der Waals surface area (Å²) in [5.41, 5.74) is 2.53. The molecule has 0 saturated heterocycles. The zero-order valence-corrected chi connectivity index (χ0v) is 11.0. The fourth-order valence-corrected chi connectivity index (χ4v) is 2.24. The van der Waals surface area contributed by atoms with E-state index in [0.717, 1.165) is 19.3 Å². The summed E-state index contributed by atoms with van der Waals surface area (Å²) in [6.07, 6.45) is 3.26. The van der Waals surface area contributed by atoms with Crippen LogP contribution in [0.3, 0.4) is 0 Å². The standard InChI is InChI=1S/C11H18N6O2/c1-3-4-7-5-8(7)14-10-9(17(18)19)6(2)13-11(15-10)16-12/h7-8H,3-5,12H2,1-2H3,(H2,13,14,15,16). The minimum Gasteiger partial charge on any atom is -0.361 e. The van der Waals surface area contributed by atoms with E-state index in [2.05, 4.69) is 27.6 Å². The summed E-state index contributed by atoms with van der Waals surface area (Å²) >= 11 is 0. The third kappa shape index (κ3) is 2.90. The fourth-order valence-electron chi connectivity index (χ4n) is 2.24. The van der Waals surface area contributed by atoms with E-state index in [1.165, 1.54) is 0 Å². The predicted octanol–water partition coefficient (Wildman–Crippen LogP) is 1.58. The van der Waals surface area contributed by atoms with Crippen molar-refractivity contribution < 1.29 is 4.92 Å². The number of hydrazine groups is 1. The van der Waals surface area contributed by atoms with Crippen LogP contribution in [0.25, 0.3) is 0 Å². The molecule has 4 N–H and O–H groups in total. The number of nitrogens with one attached hydrogen (secondary N) is 2. The zero-order valence-electron chi connectivity index (χ0n) is 11.0. The summed E-state index contributed by atoms with van der Waals surface area (Å²) in [5.74, 6) is 6.26. The van der Waals surface area contributed by atoms with Crippen LogP contribution >= 0.6 is 0 Å². The molecule has 0 radical (unpaired) electrons. The van der Waals surface area contributed by atoms with Gasteiger partial charge in [0.15, 0.2) is 0 Å². The first-order valence-corrected chi connectivity index (χ1v) is 6.33. The molecule has 0 bridgehead atoms. The van der Waals surface area contributed by atoms with Gasteiger partial charge in [-0.3, -0.25) is 15.5 Å². The number of hydrogen-bond donors (Lipinski definition) is 3. The lowest BCUT2D eigenvalue weighted by Gasteiger charge is -2.09. The lowest BCUT2D eigenvalue weighted by molar-refractivity contribution is -0.385. The predicted molar refractivity (Wildman–Crippen MR) is 71.7 cm³/mol. The van der Waals surface area contributed by atoms with E-state index in [-0.39, 0.29) is 23.5 Å². The van der Waals surface area contributed by atoms with Crippen LogP contribution in [0.2, 0.25) is 0 Å². The fraction of sp³-hybridized carbons (Fsp3) is 0.636. The number of anilines is 2. The second-order valence-corrected chi connectivity index (χ2v) is 4.77. The molecule has 1 aromatic heterocycles. The molecular weight excluding hydrogens is 248 g/mol. The number of nitro groups is 1. The quantitative estimate of drug-likeness (QED) is 0.406. The number of nitrogens with zero attached hydrogens (tertiary/aromatic N) is 3. The van der Waals surface area contributed by atoms with Crippen LogP contribution in [0, 0.1) is 23.0 Å². The van der Waals surface area contributed by atoms with Gasteiger partial charge >= 0.3 is 5.69 Å². The number of hydrogen-bond acceptors (Lipinski definition) is 7. The maximum absolute atomic E-state index is 11.1. The van der Waals surface area contributed by atoms with Crippen molar-refractivity contribution in [1.29, 1.82) is 0 Å². The van der Waals surface area contributed by atoms with Gasteiger partial charge in [-0.25, -0.2) is 10.8 Å². The Morgan fingerprint density at radius 3 is 2.84 bits per heavy atom. The molecule has 0 aromatic carbocycles. The summed E-state index contributed by atoms with van der Waals surface area (Å²) in [4.78, 5) is 18.6. The van der Waals surface area contributed by atoms with Crippen molar-refractivity contribution in [2.24, 2.45) is 11.8 Å². The number of aryl methyl sites for hydroxylation is 1. The highest BCUT2D eigenvalue weighted by Crippen LogP contribution is 2.39. The molecule has 0 amide bonds. The molecule has 1 aromatic rings. The molecule has 2 rings (SSSR count). The van der Waals surface area contributed by atoms with Gasteiger partial charge in [0, 0.05) is 6.04 Å². The van der Waals surface area contributed by atoms with Crippen LogP contribution < -0.4 is 16.6 Å². The minimum absolute atomic E-state index is 0.0823. The van der Waals surface area contributed by atoms with Gasteiger partial charge in [-0.1, -0.05) is 13.3 Å². The first kappa shape index (κ1) is 13.5. The Bertz CT molecular complexity index is 492. The molecule has 1 heterocycles. The van der Waals surface area contributed by atoms with E-state index in [4.69, 9.17) is 5.84 Å². The Balaban J connectivity index is 2.22. The van der Waals surface area contributed by atoms with Gasteiger partial charge in [-0.05, 0) is 25.7 Å². The molecule has 1 saturated carbocycles. The van der Waals surface area contributed by atoms with E-state index in [0.29, 0.717) is 11.6 Å². The summed E-state index contributed by atoms with van der Waals surface area (Å²) in [7, 11) is 0. The molecule has 1 aliphatic rings. The SMILES string of the molecule is CCCC1CC1Nc1nc(NN)nc(C)c1[N+](=O)[O-]. The first-order chi connectivity index (χ1) is 9.06. The summed E-state index contributed by atoms with van der Waals surface area (Å²) < 4.78 is 0. The van der Waals surface area contributed by atoms with Crippen molar-refractivity contribution in [3.05, 3.63) is 15.8 Å². The number of nitrogen functional groups attached to an aromatic ring is 1. The summed E-state index contributed by atoms with van der Waals surface area (Å²) in [6.45, 7) is 3.70. The Hall–Kier alpha value is -1.96. The summed E-state index contributed by atoms with van der Waals surface area (Å²) in [5, 5.41) is 14.2. The van der Waals surface area contributed by atoms with E-state index < -0.39 is 4.92 Å². The number of nitrogens with two attached hydrogens (primary N) is 1. The van der Waals surface area contributed by atoms with Crippen molar-refractivity contribution in [3.8, 4) is 0 Å². The average molecular weight is 266 g/mol. The highest BCUT2D eigenvalue weighted by Gasteiger charge is 2.38. The second-order valence-electron chi connectivity index (χ2n) is 4.77. The third-order valence-electron chi connectivity index (χ3n) is 3.27. The van der Waals surface area contributed by atoms with Gasteiger partial charge in [-0.15, -0.1) is 0 Å². The molecule has 0 aliphatic heterocycles. The molecule has 1 fully saturated rings. The molecule has 8 nitrogen and oxygen atoms in total. The monoisotopic (exact) mass is 266 g/mol. The van der Waals surface area contributed by atoms with Gasteiger partial charge in [0.05, 0.1) is 4.92 Å². The lowest BCUT2D eigenvalue weighted by Crippen LogP contribution is -2.16. The van der Waals surface area contributed by atoms with Crippen molar-refractivity contribution in [1.82, 2.24) is 9.97 Å². The molecule has 1 aliphatic carbocycles. The van der Waals surface area contributed by atoms with Crippen LogP contribution in [-0.4, -0.2) is 20.9 Å². The molecule has 8 heteroatoms. The van der Waals surface area contributed by atoms with E-state index in [1.807, 2.05) is 0 Å². The van der Waals surface area contributed by atoms with Crippen LogP contribution in [0.15, 0.2) is 0 Å². The Kier molecular flexibility index (Phi) is 3.79. The van der Waals surface area contributed by atoms with Crippen molar-refractivity contribution in [3.63, 3.8) is 0 Å². The lowest BCUT2D eigenvalue weighted by atomic mass is 10.2. The molecule has 104 valence electrons. The minimum atomic E-state index is -0.463. The average Bonchev–Trinajstić information content (AvgIpc) is 3.06. The summed E-state index contributed by atoms with van der Waals surface area (Å²) in [6, 6.07) is 0.263. The molecule has 2 atom stereocenters. The highest BCUT2D eigenvalue weighted by atomic mass is 16.6. The topological polar surface area (TPSA) is 119 Å². The largest absolute Gasteiger partial charge is 0.361 e. The number of aromatic nitrogens is 2. The molecule has 19 heavy (non-hydrogen) atoms. The maximum Gasteiger partial charge on any atom is 0.332 e. The Morgan fingerprint density at radius 1 is 1.53 bits per heavy atom. The van der Waals surface area contributed by atoms with Crippen LogP contribution in [0.4, 0.5) is 17.5 Å². The normalized spacial score (nSPS) is 21.0. The third-order valence-corrected chi connectivity index (χ3v) is 3.27. The molecule has 2 unspecified atom stereocenters. The Morgan fingerprint density at radius 2 is 2.26 bits per heavy atom. The van der Waals surface area contributed by atoms with Crippen molar-refractivity contribution >= 4 is 17.5 Å². The second kappa shape index (κ2) is 5.35. The number of rotatable bonds is 6. The smallest absolute Gasteiger partial charge is 0.332 e. The van der Waals surface area contributed by atoms with Crippen LogP contribution in [0.5, 0.6) is 0 Å². The first-order valence-electron chi connectivity index (χ1n) is 6.33.